The summed E-state index contributed by atoms with van der Waals surface area (Å²) in [6.45, 7) is 2.26. The molecule has 0 radical (unpaired) electrons. The van der Waals surface area contributed by atoms with Crippen LogP contribution in [0.5, 0.6) is 0 Å². The molecule has 0 N–H and O–H groups in total. The number of halogens is 2. The zero-order valence-corrected chi connectivity index (χ0v) is 22.6. The number of hydrogen-bond acceptors (Lipinski definition) is 3. The minimum Gasteiger partial charge on any atom is -0.208 e. The molecule has 5 heteroatoms. The first-order valence-corrected chi connectivity index (χ1v) is 13.6. The molecule has 3 nitrogen and oxygen atoms in total. The molecule has 0 aliphatic heterocycles. The smallest absolute Gasteiger partial charge is 0.164 e. The molecular formula is C29H29Br2N3. The highest BCUT2D eigenvalue weighted by Crippen LogP contribution is 2.26. The highest BCUT2D eigenvalue weighted by Gasteiger charge is 2.12. The molecular weight excluding hydrogens is 550 g/mol. The van der Waals surface area contributed by atoms with E-state index in [0.717, 1.165) is 32.1 Å². The monoisotopic (exact) mass is 577 g/mol. The van der Waals surface area contributed by atoms with Gasteiger partial charge in [-0.05, 0) is 42.7 Å². The normalized spacial score (nSPS) is 11.0. The zero-order valence-electron chi connectivity index (χ0n) is 19.5. The van der Waals surface area contributed by atoms with Crippen LogP contribution in [0.2, 0.25) is 0 Å². The zero-order chi connectivity index (χ0) is 23.8. The van der Waals surface area contributed by atoms with Gasteiger partial charge in [-0.25, -0.2) is 15.0 Å². The van der Waals surface area contributed by atoms with Gasteiger partial charge in [0.25, 0.3) is 0 Å². The minimum atomic E-state index is 0.673. The maximum absolute atomic E-state index is 4.83. The highest BCUT2D eigenvalue weighted by molar-refractivity contribution is 9.10. The van der Waals surface area contributed by atoms with E-state index in [1.54, 1.807) is 0 Å². The van der Waals surface area contributed by atoms with E-state index < -0.39 is 0 Å². The van der Waals surface area contributed by atoms with Crippen LogP contribution in [-0.2, 0) is 6.42 Å². The first-order chi connectivity index (χ1) is 16.6. The van der Waals surface area contributed by atoms with Crippen LogP contribution in [0.15, 0.2) is 81.7 Å². The third-order valence-electron chi connectivity index (χ3n) is 5.87. The van der Waals surface area contributed by atoms with Crippen LogP contribution in [0, 0.1) is 0 Å². The highest BCUT2D eigenvalue weighted by atomic mass is 79.9. The minimum absolute atomic E-state index is 0.673. The molecule has 0 saturated carbocycles. The van der Waals surface area contributed by atoms with Crippen LogP contribution in [0.1, 0.15) is 51.0 Å². The van der Waals surface area contributed by atoms with Gasteiger partial charge in [-0.3, -0.25) is 0 Å². The quantitative estimate of drug-likeness (QED) is 0.176. The van der Waals surface area contributed by atoms with Gasteiger partial charge in [-0.1, -0.05) is 119 Å². The molecule has 0 aliphatic rings. The first kappa shape index (κ1) is 24.7. The third-order valence-corrected chi connectivity index (χ3v) is 6.93. The summed E-state index contributed by atoms with van der Waals surface area (Å²) in [7, 11) is 0. The fourth-order valence-corrected chi connectivity index (χ4v) is 4.42. The van der Waals surface area contributed by atoms with Gasteiger partial charge in [0.15, 0.2) is 17.5 Å². The maximum Gasteiger partial charge on any atom is 0.164 e. The average molecular weight is 579 g/mol. The molecule has 0 amide bonds. The summed E-state index contributed by atoms with van der Waals surface area (Å²) in [5.74, 6) is 2.04. The molecule has 0 atom stereocenters. The van der Waals surface area contributed by atoms with Crippen molar-refractivity contribution in [3.63, 3.8) is 0 Å². The van der Waals surface area contributed by atoms with Gasteiger partial charge in [-0.2, -0.15) is 0 Å². The molecule has 0 aliphatic carbocycles. The number of nitrogens with zero attached hydrogens (tertiary/aromatic N) is 3. The van der Waals surface area contributed by atoms with Crippen LogP contribution < -0.4 is 0 Å². The van der Waals surface area contributed by atoms with Crippen molar-refractivity contribution in [1.82, 2.24) is 15.0 Å². The molecule has 4 aromatic rings. The topological polar surface area (TPSA) is 38.7 Å². The van der Waals surface area contributed by atoms with Gasteiger partial charge in [0, 0.05) is 25.6 Å². The van der Waals surface area contributed by atoms with E-state index in [-0.39, 0.29) is 0 Å². The Bertz CT molecular complexity index is 1120. The first-order valence-electron chi connectivity index (χ1n) is 12.0. The Kier molecular flexibility index (Phi) is 9.00. The lowest BCUT2D eigenvalue weighted by Crippen LogP contribution is -2.00. The van der Waals surface area contributed by atoms with Crippen LogP contribution in [0.25, 0.3) is 34.2 Å². The van der Waals surface area contributed by atoms with Crippen molar-refractivity contribution >= 4 is 31.9 Å². The van der Waals surface area contributed by atoms with Crippen molar-refractivity contribution < 1.29 is 0 Å². The van der Waals surface area contributed by atoms with Gasteiger partial charge in [-0.15, -0.1) is 0 Å². The van der Waals surface area contributed by atoms with Crippen molar-refractivity contribution in [2.45, 2.75) is 51.9 Å². The van der Waals surface area contributed by atoms with Crippen molar-refractivity contribution in [1.29, 1.82) is 0 Å². The van der Waals surface area contributed by atoms with Gasteiger partial charge < -0.3 is 0 Å². The van der Waals surface area contributed by atoms with Crippen molar-refractivity contribution in [2.75, 3.05) is 0 Å². The summed E-state index contributed by atoms with van der Waals surface area (Å²) < 4.78 is 2.05. The molecule has 34 heavy (non-hydrogen) atoms. The van der Waals surface area contributed by atoms with E-state index >= 15 is 0 Å². The molecule has 174 valence electrons. The summed E-state index contributed by atoms with van der Waals surface area (Å²) in [6.07, 6.45) is 9.03. The van der Waals surface area contributed by atoms with E-state index in [4.69, 9.17) is 15.0 Å². The fraction of sp³-hybridized carbons (Fsp3) is 0.276. The van der Waals surface area contributed by atoms with Crippen molar-refractivity contribution in [3.05, 3.63) is 87.3 Å². The van der Waals surface area contributed by atoms with Crippen LogP contribution in [0.3, 0.4) is 0 Å². The van der Waals surface area contributed by atoms with Crippen LogP contribution in [0.4, 0.5) is 0 Å². The average Bonchev–Trinajstić information content (AvgIpc) is 2.87. The van der Waals surface area contributed by atoms with Crippen LogP contribution in [-0.4, -0.2) is 15.0 Å². The molecule has 0 fully saturated rings. The Labute approximate surface area is 219 Å². The second-order valence-electron chi connectivity index (χ2n) is 8.53. The summed E-state index contributed by atoms with van der Waals surface area (Å²) in [5, 5.41) is 0. The summed E-state index contributed by atoms with van der Waals surface area (Å²) in [5.41, 5.74) is 4.30. The van der Waals surface area contributed by atoms with E-state index in [1.807, 2.05) is 48.5 Å². The molecule has 0 spiro atoms. The number of benzene rings is 3. The second kappa shape index (κ2) is 12.4. The lowest BCUT2D eigenvalue weighted by Gasteiger charge is -2.09. The molecule has 3 aromatic carbocycles. The summed E-state index contributed by atoms with van der Waals surface area (Å²) in [6, 6.07) is 24.8. The Balaban J connectivity index is 1.59. The molecule has 1 heterocycles. The molecule has 0 saturated heterocycles. The van der Waals surface area contributed by atoms with Gasteiger partial charge in [0.05, 0.1) is 0 Å². The SMILES string of the molecule is CCCCCCCCc1ccc(-c2nc(-c3ccc(Br)cc3)nc(-c3ccc(Br)cc3)n2)cc1. The number of hydrogen-bond donors (Lipinski definition) is 0. The lowest BCUT2D eigenvalue weighted by molar-refractivity contribution is 0.607. The van der Waals surface area contributed by atoms with Gasteiger partial charge >= 0.3 is 0 Å². The Morgan fingerprint density at radius 3 is 1.32 bits per heavy atom. The number of rotatable bonds is 10. The largest absolute Gasteiger partial charge is 0.208 e. The maximum atomic E-state index is 4.83. The Morgan fingerprint density at radius 2 is 0.882 bits per heavy atom. The summed E-state index contributed by atoms with van der Waals surface area (Å²) in [4.78, 5) is 14.5. The predicted octanol–water partition coefficient (Wildman–Crippen LogP) is 9.30. The number of aromatic nitrogens is 3. The molecule has 4 rings (SSSR count). The van der Waals surface area contributed by atoms with Gasteiger partial charge in [0.1, 0.15) is 0 Å². The second-order valence-corrected chi connectivity index (χ2v) is 10.4. The lowest BCUT2D eigenvalue weighted by atomic mass is 10.0. The molecule has 1 aromatic heterocycles. The standard InChI is InChI=1S/C29H29Br2N3/c1-2-3-4-5-6-7-8-21-9-11-22(12-10-21)27-32-28(23-13-17-25(30)18-14-23)34-29(33-27)24-15-19-26(31)20-16-24/h9-20H,2-8H2,1H3. The van der Waals surface area contributed by atoms with E-state index in [9.17, 15) is 0 Å². The van der Waals surface area contributed by atoms with Crippen molar-refractivity contribution in [2.24, 2.45) is 0 Å². The van der Waals surface area contributed by atoms with E-state index in [1.165, 1.54) is 44.1 Å². The summed E-state index contributed by atoms with van der Waals surface area (Å²) >= 11 is 7.02. The predicted molar refractivity (Wildman–Crippen MR) is 149 cm³/mol. The Hall–Kier alpha value is -2.37. The third kappa shape index (κ3) is 6.83. The molecule has 0 unspecified atom stereocenters. The van der Waals surface area contributed by atoms with E-state index in [0.29, 0.717) is 17.5 Å². The van der Waals surface area contributed by atoms with Crippen LogP contribution >= 0.6 is 31.9 Å². The molecule has 0 bridgehead atoms. The van der Waals surface area contributed by atoms with E-state index in [2.05, 4.69) is 63.0 Å². The van der Waals surface area contributed by atoms with Crippen molar-refractivity contribution in [3.8, 4) is 34.2 Å². The van der Waals surface area contributed by atoms with Gasteiger partial charge in [0.2, 0.25) is 0 Å². The number of unbranched alkanes of at least 4 members (excludes halogenated alkanes) is 5. The Morgan fingerprint density at radius 1 is 0.500 bits per heavy atom. The fourth-order valence-electron chi connectivity index (χ4n) is 3.89. The number of aryl methyl sites for hydroxylation is 1.